The highest BCUT2D eigenvalue weighted by atomic mass is 31.2. The average Bonchev–Trinajstić information content (AvgIpc) is 2.06. The summed E-state index contributed by atoms with van der Waals surface area (Å²) in [4.78, 5) is 0. The van der Waals surface area contributed by atoms with E-state index in [0.717, 1.165) is 13.2 Å². The Hall–Kier alpha value is 0.310. The Morgan fingerprint density at radius 2 is 2.17 bits per heavy atom. The summed E-state index contributed by atoms with van der Waals surface area (Å²) in [5.74, 6) is 0. The number of hydrogen-bond donors (Lipinski definition) is 0. The Kier molecular flexibility index (Phi) is 3.91. The number of hydrogen-bond acceptors (Lipinski definition) is 3. The van der Waals surface area contributed by atoms with Crippen LogP contribution in [0.2, 0.25) is 0 Å². The van der Waals surface area contributed by atoms with Crippen molar-refractivity contribution in [3.63, 3.8) is 0 Å². The highest BCUT2D eigenvalue weighted by molar-refractivity contribution is 7.47. The van der Waals surface area contributed by atoms with E-state index in [9.17, 15) is 0 Å². The van der Waals surface area contributed by atoms with Gasteiger partial charge in [0.2, 0.25) is 0 Å². The lowest BCUT2D eigenvalue weighted by molar-refractivity contribution is 0.228. The molecule has 0 aromatic rings. The second-order valence-electron chi connectivity index (χ2n) is 3.26. The zero-order valence-corrected chi connectivity index (χ0v) is 9.34. The zero-order chi connectivity index (χ0) is 9.14. The lowest BCUT2D eigenvalue weighted by Gasteiger charge is -2.41. The average molecular weight is 190 g/mol. The molecule has 0 spiro atoms. The Bertz CT molecular complexity index is 145. The van der Waals surface area contributed by atoms with E-state index in [-0.39, 0.29) is 0 Å². The molecule has 4 heteroatoms. The van der Waals surface area contributed by atoms with Gasteiger partial charge in [0.25, 0.3) is 0 Å². The summed E-state index contributed by atoms with van der Waals surface area (Å²) in [7, 11) is 3.83. The normalized spacial score (nSPS) is 34.0. The molecule has 1 heterocycles. The molecule has 1 aliphatic rings. The van der Waals surface area contributed by atoms with Crippen molar-refractivity contribution in [1.82, 2.24) is 9.34 Å². The quantitative estimate of drug-likeness (QED) is 0.618. The zero-order valence-electron chi connectivity index (χ0n) is 8.45. The first-order chi connectivity index (χ1) is 5.66. The van der Waals surface area contributed by atoms with Gasteiger partial charge in [0.05, 0.1) is 6.61 Å². The summed E-state index contributed by atoms with van der Waals surface area (Å²) in [6.07, 6.45) is 1.25. The van der Waals surface area contributed by atoms with Crippen LogP contribution in [0.1, 0.15) is 20.3 Å². The van der Waals surface area contributed by atoms with Crippen molar-refractivity contribution in [2.75, 3.05) is 27.2 Å². The second kappa shape index (κ2) is 4.52. The minimum absolute atomic E-state index is 0.467. The van der Waals surface area contributed by atoms with Gasteiger partial charge in [0.1, 0.15) is 0 Å². The fourth-order valence-electron chi connectivity index (χ4n) is 1.36. The van der Waals surface area contributed by atoms with Gasteiger partial charge in [0, 0.05) is 12.6 Å². The van der Waals surface area contributed by atoms with Crippen LogP contribution >= 0.6 is 8.45 Å². The second-order valence-corrected chi connectivity index (χ2v) is 5.34. The van der Waals surface area contributed by atoms with Gasteiger partial charge in [0.15, 0.2) is 8.45 Å². The fourth-order valence-corrected chi connectivity index (χ4v) is 3.19. The van der Waals surface area contributed by atoms with E-state index in [1.165, 1.54) is 6.42 Å². The third kappa shape index (κ3) is 2.17. The number of nitrogens with zero attached hydrogens (tertiary/aromatic N) is 2. The van der Waals surface area contributed by atoms with E-state index in [2.05, 4.69) is 37.3 Å². The first-order valence-corrected chi connectivity index (χ1v) is 5.70. The van der Waals surface area contributed by atoms with Gasteiger partial charge in [-0.05, 0) is 34.4 Å². The van der Waals surface area contributed by atoms with Crippen molar-refractivity contribution in [1.29, 1.82) is 0 Å². The van der Waals surface area contributed by atoms with E-state index >= 15 is 0 Å². The third-order valence-corrected chi connectivity index (χ3v) is 4.52. The Labute approximate surface area is 76.6 Å². The SMILES string of the molecule is CCOP1N(C)CCC(C)N1C. The Morgan fingerprint density at radius 1 is 1.50 bits per heavy atom. The number of rotatable bonds is 2. The van der Waals surface area contributed by atoms with Crippen LogP contribution in [0.15, 0.2) is 0 Å². The lowest BCUT2D eigenvalue weighted by atomic mass is 10.2. The molecule has 72 valence electrons. The minimum atomic E-state index is -0.467. The molecule has 0 amide bonds. The summed E-state index contributed by atoms with van der Waals surface area (Å²) < 4.78 is 10.4. The van der Waals surface area contributed by atoms with Crippen molar-refractivity contribution < 1.29 is 4.52 Å². The maximum Gasteiger partial charge on any atom is 0.187 e. The minimum Gasteiger partial charge on any atom is -0.332 e. The molecule has 12 heavy (non-hydrogen) atoms. The first-order valence-electron chi connectivity index (χ1n) is 4.53. The van der Waals surface area contributed by atoms with Gasteiger partial charge in [-0.15, -0.1) is 0 Å². The van der Waals surface area contributed by atoms with Gasteiger partial charge in [-0.3, -0.25) is 4.67 Å². The van der Waals surface area contributed by atoms with Gasteiger partial charge >= 0.3 is 0 Å². The summed E-state index contributed by atoms with van der Waals surface area (Å²) in [5, 5.41) is 0. The van der Waals surface area contributed by atoms with Crippen molar-refractivity contribution in [3.05, 3.63) is 0 Å². The predicted molar refractivity (Wildman–Crippen MR) is 53.0 cm³/mol. The molecule has 2 atom stereocenters. The predicted octanol–water partition coefficient (Wildman–Crippen LogP) is 1.91. The van der Waals surface area contributed by atoms with Gasteiger partial charge in [-0.1, -0.05) is 0 Å². The van der Waals surface area contributed by atoms with E-state index < -0.39 is 8.45 Å². The summed E-state index contributed by atoms with van der Waals surface area (Å²) in [5.41, 5.74) is 0. The smallest absolute Gasteiger partial charge is 0.187 e. The molecular formula is C8H19N2OP. The lowest BCUT2D eigenvalue weighted by Crippen LogP contribution is -2.38. The van der Waals surface area contributed by atoms with Crippen LogP contribution in [0.4, 0.5) is 0 Å². The molecule has 2 unspecified atom stereocenters. The fraction of sp³-hybridized carbons (Fsp3) is 1.00. The van der Waals surface area contributed by atoms with Crippen LogP contribution < -0.4 is 0 Å². The molecule has 1 rings (SSSR count). The molecule has 1 saturated heterocycles. The topological polar surface area (TPSA) is 15.7 Å². The molecule has 0 aromatic carbocycles. The molecule has 1 aliphatic heterocycles. The van der Waals surface area contributed by atoms with Crippen LogP contribution in [-0.4, -0.2) is 42.6 Å². The summed E-state index contributed by atoms with van der Waals surface area (Å²) >= 11 is 0. The standard InChI is InChI=1S/C8H19N2OP/c1-5-11-12-9(3)7-6-8(2)10(12)4/h8H,5-7H2,1-4H3. The van der Waals surface area contributed by atoms with Crippen LogP contribution in [0.3, 0.4) is 0 Å². The van der Waals surface area contributed by atoms with Crippen LogP contribution in [0.25, 0.3) is 0 Å². The van der Waals surface area contributed by atoms with Crippen molar-refractivity contribution >= 4 is 8.45 Å². The molecule has 0 aliphatic carbocycles. The molecule has 1 fully saturated rings. The van der Waals surface area contributed by atoms with Gasteiger partial charge < -0.3 is 4.52 Å². The Balaban J connectivity index is 2.52. The maximum atomic E-state index is 5.69. The van der Waals surface area contributed by atoms with Crippen LogP contribution in [0.5, 0.6) is 0 Å². The van der Waals surface area contributed by atoms with E-state index in [1.807, 2.05) is 0 Å². The molecule has 0 aromatic heterocycles. The molecular weight excluding hydrogens is 171 g/mol. The molecule has 3 nitrogen and oxygen atoms in total. The highest BCUT2D eigenvalue weighted by Crippen LogP contribution is 2.47. The Morgan fingerprint density at radius 3 is 2.75 bits per heavy atom. The van der Waals surface area contributed by atoms with E-state index in [1.54, 1.807) is 0 Å². The van der Waals surface area contributed by atoms with E-state index in [4.69, 9.17) is 4.52 Å². The third-order valence-electron chi connectivity index (χ3n) is 2.31. The van der Waals surface area contributed by atoms with E-state index in [0.29, 0.717) is 6.04 Å². The maximum absolute atomic E-state index is 5.69. The largest absolute Gasteiger partial charge is 0.332 e. The van der Waals surface area contributed by atoms with Crippen LogP contribution in [-0.2, 0) is 4.52 Å². The van der Waals surface area contributed by atoms with Gasteiger partial charge in [-0.2, -0.15) is 0 Å². The summed E-state index contributed by atoms with van der Waals surface area (Å²) in [6, 6.07) is 0.666. The monoisotopic (exact) mass is 190 g/mol. The molecule has 0 N–H and O–H groups in total. The first kappa shape index (κ1) is 10.4. The van der Waals surface area contributed by atoms with Crippen molar-refractivity contribution in [3.8, 4) is 0 Å². The van der Waals surface area contributed by atoms with Crippen molar-refractivity contribution in [2.24, 2.45) is 0 Å². The molecule has 0 saturated carbocycles. The summed E-state index contributed by atoms with van der Waals surface area (Å²) in [6.45, 7) is 6.30. The van der Waals surface area contributed by atoms with Crippen LogP contribution in [0, 0.1) is 0 Å². The molecule has 0 bridgehead atoms. The molecule has 0 radical (unpaired) electrons. The van der Waals surface area contributed by atoms with Crippen molar-refractivity contribution in [2.45, 2.75) is 26.3 Å². The highest BCUT2D eigenvalue weighted by Gasteiger charge is 2.29. The van der Waals surface area contributed by atoms with Gasteiger partial charge in [-0.25, -0.2) is 4.67 Å².